The van der Waals surface area contributed by atoms with Gasteiger partial charge in [0, 0.05) is 13.8 Å². The molecule has 1 heterocycles. The van der Waals surface area contributed by atoms with Gasteiger partial charge in [-0.2, -0.15) is 0 Å². The molecule has 1 unspecified atom stereocenters. The van der Waals surface area contributed by atoms with E-state index in [9.17, 15) is 0 Å². The predicted octanol–water partition coefficient (Wildman–Crippen LogP) is 6.91. The molecule has 0 aliphatic carbocycles. The van der Waals surface area contributed by atoms with Crippen LogP contribution in [0, 0.1) is 0 Å². The van der Waals surface area contributed by atoms with Gasteiger partial charge in [0.1, 0.15) is 4.34 Å². The summed E-state index contributed by atoms with van der Waals surface area (Å²) < 4.78 is 2.43. The van der Waals surface area contributed by atoms with Gasteiger partial charge < -0.3 is 0 Å². The fourth-order valence-corrected chi connectivity index (χ4v) is 3.83. The lowest BCUT2D eigenvalue weighted by atomic mass is 10.1. The van der Waals surface area contributed by atoms with Crippen molar-refractivity contribution < 1.29 is 0 Å². The summed E-state index contributed by atoms with van der Waals surface area (Å²) in [4.78, 5) is 0.988. The van der Waals surface area contributed by atoms with Gasteiger partial charge >= 0.3 is 0 Å². The van der Waals surface area contributed by atoms with Gasteiger partial charge in [0.2, 0.25) is 0 Å². The average Bonchev–Trinajstić information content (AvgIpc) is 2.62. The van der Waals surface area contributed by atoms with Crippen molar-refractivity contribution in [3.05, 3.63) is 53.0 Å². The second-order valence-corrected chi connectivity index (χ2v) is 7.54. The van der Waals surface area contributed by atoms with Gasteiger partial charge in [0.15, 0.2) is 0 Å². The number of alkyl halides is 1. The zero-order valence-corrected chi connectivity index (χ0v) is 14.4. The van der Waals surface area contributed by atoms with Crippen LogP contribution in [0.4, 0.5) is 0 Å². The van der Waals surface area contributed by atoms with Crippen LogP contribution in [0.2, 0.25) is 9.36 Å². The van der Waals surface area contributed by atoms with E-state index in [2.05, 4.69) is 31.9 Å². The van der Waals surface area contributed by atoms with Crippen molar-refractivity contribution in [2.75, 3.05) is 0 Å². The summed E-state index contributed by atoms with van der Waals surface area (Å²) >= 11 is 26.6. The van der Waals surface area contributed by atoms with E-state index in [1.807, 2.05) is 24.3 Å². The molecule has 17 heavy (non-hydrogen) atoms. The van der Waals surface area contributed by atoms with Gasteiger partial charge in [0.25, 0.3) is 0 Å². The highest BCUT2D eigenvalue weighted by atomic mass is 79.9. The third-order valence-electron chi connectivity index (χ3n) is 2.15. The molecule has 0 fully saturated rings. The van der Waals surface area contributed by atoms with E-state index in [1.165, 1.54) is 11.3 Å². The summed E-state index contributed by atoms with van der Waals surface area (Å²) in [5.41, 5.74) is 0.949. The van der Waals surface area contributed by atoms with E-state index in [0.717, 1.165) is 19.4 Å². The Hall–Kier alpha value is 0.750. The zero-order valence-electron chi connectivity index (χ0n) is 8.18. The highest BCUT2D eigenvalue weighted by Gasteiger charge is 2.16. The fraction of sp³-hybridized carbons (Fsp3) is 0.0909. The zero-order chi connectivity index (χ0) is 12.6. The quantitative estimate of drug-likeness (QED) is 0.450. The van der Waals surface area contributed by atoms with Gasteiger partial charge in [-0.15, -0.1) is 22.9 Å². The molecule has 1 aromatic heterocycles. The Morgan fingerprint density at radius 3 is 2.29 bits per heavy atom. The predicted molar refractivity (Wildman–Crippen MR) is 83.9 cm³/mol. The summed E-state index contributed by atoms with van der Waals surface area (Å²) in [5.74, 6) is 0. The van der Waals surface area contributed by atoms with Crippen LogP contribution in [0.1, 0.15) is 15.8 Å². The molecule has 90 valence electrons. The van der Waals surface area contributed by atoms with E-state index in [1.54, 1.807) is 0 Å². The number of halogens is 5. The van der Waals surface area contributed by atoms with Crippen molar-refractivity contribution in [1.82, 2.24) is 0 Å². The summed E-state index contributed by atoms with van der Waals surface area (Å²) in [5, 5.41) is 0.407. The minimum atomic E-state index is -0.241. The molecule has 0 saturated heterocycles. The first-order valence-electron chi connectivity index (χ1n) is 4.53. The van der Waals surface area contributed by atoms with Crippen LogP contribution in [0.3, 0.4) is 0 Å². The lowest BCUT2D eigenvalue weighted by Crippen LogP contribution is -1.89. The average molecular weight is 435 g/mol. The molecule has 0 aliphatic rings. The van der Waals surface area contributed by atoms with Crippen molar-refractivity contribution in [2.45, 2.75) is 5.38 Å². The number of benzene rings is 1. The molecule has 0 bridgehead atoms. The first-order chi connectivity index (χ1) is 7.99. The van der Waals surface area contributed by atoms with E-state index in [0.29, 0.717) is 9.36 Å². The van der Waals surface area contributed by atoms with Gasteiger partial charge in [-0.05, 0) is 55.6 Å². The second-order valence-electron chi connectivity index (χ2n) is 3.31. The minimum absolute atomic E-state index is 0.241. The Kier molecular flexibility index (Phi) is 4.84. The molecular weight excluding hydrogens is 430 g/mol. The normalized spacial score (nSPS) is 12.8. The van der Waals surface area contributed by atoms with Crippen molar-refractivity contribution in [3.8, 4) is 0 Å². The number of hydrogen-bond donors (Lipinski definition) is 0. The SMILES string of the molecule is Clc1cc(C(Cl)c2cc(Br)c(Cl)s2)ccc1Br. The Balaban J connectivity index is 2.36. The Bertz CT molecular complexity index is 534. The maximum absolute atomic E-state index is 6.40. The van der Waals surface area contributed by atoms with Gasteiger partial charge in [-0.1, -0.05) is 29.3 Å². The molecule has 0 spiro atoms. The van der Waals surface area contributed by atoms with Crippen molar-refractivity contribution >= 4 is 78.0 Å². The molecule has 0 radical (unpaired) electrons. The maximum atomic E-state index is 6.40. The van der Waals surface area contributed by atoms with E-state index < -0.39 is 0 Å². The number of rotatable bonds is 2. The maximum Gasteiger partial charge on any atom is 0.107 e. The topological polar surface area (TPSA) is 0 Å². The molecule has 1 aromatic carbocycles. The summed E-state index contributed by atoms with van der Waals surface area (Å²) in [7, 11) is 0. The largest absolute Gasteiger partial charge is 0.125 e. The third-order valence-corrected chi connectivity index (χ3v) is 6.54. The summed E-state index contributed by atoms with van der Waals surface area (Å²) in [6.07, 6.45) is 0. The molecule has 2 rings (SSSR count). The van der Waals surface area contributed by atoms with Crippen molar-refractivity contribution in [2.24, 2.45) is 0 Å². The standard InChI is InChI=1S/C11H5Br2Cl3S/c12-6-2-1-5(3-8(6)14)10(15)9-4-7(13)11(16)17-9/h1-4,10H. The number of thiophene rings is 1. The molecule has 0 N–H and O–H groups in total. The van der Waals surface area contributed by atoms with E-state index in [4.69, 9.17) is 34.8 Å². The van der Waals surface area contributed by atoms with Crippen molar-refractivity contribution in [3.63, 3.8) is 0 Å². The first-order valence-corrected chi connectivity index (χ1v) is 8.12. The van der Waals surface area contributed by atoms with Crippen LogP contribution < -0.4 is 0 Å². The van der Waals surface area contributed by atoms with E-state index >= 15 is 0 Å². The molecule has 0 aliphatic heterocycles. The van der Waals surface area contributed by atoms with Crippen LogP contribution >= 0.6 is 78.0 Å². The van der Waals surface area contributed by atoms with Crippen molar-refractivity contribution in [1.29, 1.82) is 0 Å². The molecule has 6 heteroatoms. The molecule has 0 amide bonds. The highest BCUT2D eigenvalue weighted by Crippen LogP contribution is 2.41. The van der Waals surface area contributed by atoms with Crippen LogP contribution in [-0.2, 0) is 0 Å². The summed E-state index contributed by atoms with van der Waals surface area (Å²) in [6.45, 7) is 0. The van der Waals surface area contributed by atoms with Crippen LogP contribution in [0.25, 0.3) is 0 Å². The minimum Gasteiger partial charge on any atom is -0.125 e. The molecule has 1 atom stereocenters. The van der Waals surface area contributed by atoms with Crippen LogP contribution in [0.5, 0.6) is 0 Å². The fourth-order valence-electron chi connectivity index (χ4n) is 1.32. The van der Waals surface area contributed by atoms with Crippen LogP contribution in [-0.4, -0.2) is 0 Å². The Morgan fingerprint density at radius 1 is 1.06 bits per heavy atom. The summed E-state index contributed by atoms with van der Waals surface area (Å²) in [6, 6.07) is 7.61. The van der Waals surface area contributed by atoms with Crippen LogP contribution in [0.15, 0.2) is 33.2 Å². The Morgan fingerprint density at radius 2 is 1.76 bits per heavy atom. The number of hydrogen-bond acceptors (Lipinski definition) is 1. The monoisotopic (exact) mass is 432 g/mol. The highest BCUT2D eigenvalue weighted by molar-refractivity contribution is 9.11. The van der Waals surface area contributed by atoms with Gasteiger partial charge in [-0.3, -0.25) is 0 Å². The van der Waals surface area contributed by atoms with Gasteiger partial charge in [-0.25, -0.2) is 0 Å². The molecular formula is C11H5Br2Cl3S. The third kappa shape index (κ3) is 3.20. The Labute approximate surface area is 135 Å². The lowest BCUT2D eigenvalue weighted by Gasteiger charge is -2.08. The second kappa shape index (κ2) is 5.81. The smallest absolute Gasteiger partial charge is 0.107 e. The molecule has 0 saturated carbocycles. The molecule has 2 aromatic rings. The van der Waals surface area contributed by atoms with E-state index in [-0.39, 0.29) is 5.38 Å². The molecule has 0 nitrogen and oxygen atoms in total. The first kappa shape index (κ1) is 14.2. The van der Waals surface area contributed by atoms with Gasteiger partial charge in [0.05, 0.1) is 10.4 Å². The lowest BCUT2D eigenvalue weighted by molar-refractivity contribution is 1.18.